The van der Waals surface area contributed by atoms with Gasteiger partial charge in [0.05, 0.1) is 29.0 Å². The number of aromatic nitrogens is 2. The Hall–Kier alpha value is -2.51. The molecule has 0 spiro atoms. The van der Waals surface area contributed by atoms with E-state index in [1.165, 1.54) is 16.3 Å². The number of methoxy groups -OCH3 is 1. The minimum atomic E-state index is -0.448. The number of carbonyl (C=O) groups excluding carboxylic acids is 1. The summed E-state index contributed by atoms with van der Waals surface area (Å²) in [7, 11) is 1.55. The van der Waals surface area contributed by atoms with Crippen LogP contribution in [0, 0.1) is 5.92 Å². The van der Waals surface area contributed by atoms with Crippen molar-refractivity contribution in [3.05, 3.63) is 57.8 Å². The normalized spacial score (nSPS) is 12.2. The second kappa shape index (κ2) is 10.2. The Morgan fingerprint density at radius 1 is 1.23 bits per heavy atom. The van der Waals surface area contributed by atoms with Crippen LogP contribution in [0.5, 0.6) is 5.75 Å². The molecule has 0 fully saturated rings. The van der Waals surface area contributed by atoms with Gasteiger partial charge in [0.2, 0.25) is 5.91 Å². The summed E-state index contributed by atoms with van der Waals surface area (Å²) in [5.41, 5.74) is 0.800. The molecule has 1 unspecified atom stereocenters. The van der Waals surface area contributed by atoms with Crippen molar-refractivity contribution in [2.45, 2.75) is 37.6 Å². The van der Waals surface area contributed by atoms with Crippen LogP contribution < -0.4 is 15.6 Å². The molecule has 0 aliphatic heterocycles. The number of benzene rings is 2. The number of thioether (sulfide) groups is 1. The van der Waals surface area contributed by atoms with Crippen molar-refractivity contribution in [3.8, 4) is 11.4 Å². The van der Waals surface area contributed by atoms with Crippen LogP contribution in [0.2, 0.25) is 5.02 Å². The van der Waals surface area contributed by atoms with Crippen molar-refractivity contribution in [1.29, 1.82) is 0 Å². The van der Waals surface area contributed by atoms with E-state index in [0.717, 1.165) is 6.42 Å². The predicted octanol–water partition coefficient (Wildman–Crippen LogP) is 4.69. The van der Waals surface area contributed by atoms with Crippen LogP contribution in [0.25, 0.3) is 16.6 Å². The molecular formula is C23H26ClN3O3S. The molecule has 1 aromatic heterocycles. The standard InChI is InChI=1S/C23H26ClN3O3S/c1-14(2)11-12-25-21(28)15(3)31-23-26-18-13-16(24)9-10-17(18)22(29)27(23)19-7-5-6-8-20(19)30-4/h5-10,13-15H,11-12H2,1-4H3,(H,25,28). The van der Waals surface area contributed by atoms with E-state index in [1.54, 1.807) is 44.4 Å². The number of carbonyl (C=O) groups is 1. The Morgan fingerprint density at radius 3 is 2.68 bits per heavy atom. The molecule has 1 N–H and O–H groups in total. The number of ether oxygens (including phenoxy) is 1. The van der Waals surface area contributed by atoms with E-state index in [0.29, 0.717) is 45.0 Å². The minimum Gasteiger partial charge on any atom is -0.495 e. The molecule has 0 radical (unpaired) electrons. The van der Waals surface area contributed by atoms with Gasteiger partial charge in [0.1, 0.15) is 5.75 Å². The molecule has 0 bridgehead atoms. The Morgan fingerprint density at radius 2 is 1.97 bits per heavy atom. The molecule has 0 saturated carbocycles. The lowest BCUT2D eigenvalue weighted by molar-refractivity contribution is -0.120. The third-order valence-corrected chi connectivity index (χ3v) is 6.09. The number of rotatable bonds is 8. The number of halogens is 1. The van der Waals surface area contributed by atoms with Gasteiger partial charge in [-0.1, -0.05) is 49.3 Å². The van der Waals surface area contributed by atoms with E-state index in [4.69, 9.17) is 16.3 Å². The van der Waals surface area contributed by atoms with Crippen molar-refractivity contribution in [3.63, 3.8) is 0 Å². The van der Waals surface area contributed by atoms with Gasteiger partial charge in [0, 0.05) is 11.6 Å². The van der Waals surface area contributed by atoms with E-state index in [9.17, 15) is 9.59 Å². The molecule has 1 heterocycles. The molecule has 6 nitrogen and oxygen atoms in total. The van der Waals surface area contributed by atoms with E-state index >= 15 is 0 Å². The first-order chi connectivity index (χ1) is 14.8. The van der Waals surface area contributed by atoms with Gasteiger partial charge in [-0.25, -0.2) is 4.98 Å². The van der Waals surface area contributed by atoms with Gasteiger partial charge in [-0.05, 0) is 49.6 Å². The lowest BCUT2D eigenvalue weighted by Crippen LogP contribution is -2.33. The maximum atomic E-state index is 13.4. The average molecular weight is 460 g/mol. The zero-order chi connectivity index (χ0) is 22.5. The van der Waals surface area contributed by atoms with Crippen LogP contribution in [0.15, 0.2) is 52.4 Å². The number of nitrogens with zero attached hydrogens (tertiary/aromatic N) is 2. The van der Waals surface area contributed by atoms with Crippen LogP contribution in [-0.2, 0) is 4.79 Å². The zero-order valence-corrected chi connectivity index (χ0v) is 19.6. The molecule has 0 aliphatic carbocycles. The molecule has 3 rings (SSSR count). The first-order valence-electron chi connectivity index (χ1n) is 10.1. The van der Waals surface area contributed by atoms with Crippen LogP contribution in [0.4, 0.5) is 0 Å². The highest BCUT2D eigenvalue weighted by Crippen LogP contribution is 2.29. The summed E-state index contributed by atoms with van der Waals surface area (Å²) in [6.45, 7) is 6.64. The van der Waals surface area contributed by atoms with E-state index in [2.05, 4.69) is 24.1 Å². The summed E-state index contributed by atoms with van der Waals surface area (Å²) in [6.07, 6.45) is 0.905. The summed E-state index contributed by atoms with van der Waals surface area (Å²) in [5.74, 6) is 0.944. The Kier molecular flexibility index (Phi) is 7.62. The lowest BCUT2D eigenvalue weighted by Gasteiger charge is -2.18. The molecule has 0 aliphatic rings. The molecule has 1 atom stereocenters. The second-order valence-corrected chi connectivity index (χ2v) is 9.35. The van der Waals surface area contributed by atoms with Crippen molar-refractivity contribution in [1.82, 2.24) is 14.9 Å². The quantitative estimate of drug-likeness (QED) is 0.390. The minimum absolute atomic E-state index is 0.0994. The van der Waals surface area contributed by atoms with E-state index < -0.39 is 5.25 Å². The average Bonchev–Trinajstić information content (AvgIpc) is 2.73. The van der Waals surface area contributed by atoms with E-state index in [-0.39, 0.29) is 11.5 Å². The third kappa shape index (κ3) is 5.40. The molecule has 3 aromatic rings. The first-order valence-corrected chi connectivity index (χ1v) is 11.4. The molecule has 2 aromatic carbocycles. The molecule has 164 valence electrons. The summed E-state index contributed by atoms with van der Waals surface area (Å²) in [4.78, 5) is 30.7. The number of amides is 1. The van der Waals surface area contributed by atoms with Gasteiger partial charge in [0.15, 0.2) is 5.16 Å². The first kappa shape index (κ1) is 23.2. The molecule has 8 heteroatoms. The molecular weight excluding hydrogens is 434 g/mol. The highest BCUT2D eigenvalue weighted by molar-refractivity contribution is 8.00. The van der Waals surface area contributed by atoms with Gasteiger partial charge in [-0.2, -0.15) is 0 Å². The second-order valence-electron chi connectivity index (χ2n) is 7.60. The van der Waals surface area contributed by atoms with Crippen LogP contribution in [0.1, 0.15) is 27.2 Å². The number of para-hydroxylation sites is 2. The Labute approximate surface area is 191 Å². The zero-order valence-electron chi connectivity index (χ0n) is 18.0. The molecule has 0 saturated heterocycles. The molecule has 31 heavy (non-hydrogen) atoms. The summed E-state index contributed by atoms with van der Waals surface area (Å²) in [5, 5.41) is 3.84. The smallest absolute Gasteiger partial charge is 0.266 e. The fourth-order valence-electron chi connectivity index (χ4n) is 3.08. The molecule has 1 amide bonds. The van der Waals surface area contributed by atoms with Gasteiger partial charge in [-0.15, -0.1) is 0 Å². The number of fused-ring (bicyclic) bond motifs is 1. The van der Waals surface area contributed by atoms with Crippen molar-refractivity contribution in [2.75, 3.05) is 13.7 Å². The highest BCUT2D eigenvalue weighted by Gasteiger charge is 2.21. The lowest BCUT2D eigenvalue weighted by atomic mass is 10.1. The van der Waals surface area contributed by atoms with Crippen molar-refractivity contribution >= 4 is 40.2 Å². The van der Waals surface area contributed by atoms with Gasteiger partial charge >= 0.3 is 0 Å². The topological polar surface area (TPSA) is 73.2 Å². The van der Waals surface area contributed by atoms with Crippen LogP contribution in [-0.4, -0.2) is 34.4 Å². The Bertz CT molecular complexity index is 1150. The fourth-order valence-corrected chi connectivity index (χ4v) is 4.19. The summed E-state index contributed by atoms with van der Waals surface area (Å²) < 4.78 is 6.97. The Balaban J connectivity index is 2.06. The SMILES string of the molecule is COc1ccccc1-n1c(SC(C)C(=O)NCCC(C)C)nc2cc(Cl)ccc2c1=O. The summed E-state index contributed by atoms with van der Waals surface area (Å²) >= 11 is 7.35. The maximum Gasteiger partial charge on any atom is 0.266 e. The van der Waals surface area contributed by atoms with Crippen molar-refractivity contribution < 1.29 is 9.53 Å². The van der Waals surface area contributed by atoms with Gasteiger partial charge in [0.25, 0.3) is 5.56 Å². The number of hydrogen-bond donors (Lipinski definition) is 1. The highest BCUT2D eigenvalue weighted by atomic mass is 35.5. The largest absolute Gasteiger partial charge is 0.495 e. The number of nitrogens with one attached hydrogen (secondary N) is 1. The predicted molar refractivity (Wildman–Crippen MR) is 127 cm³/mol. The monoisotopic (exact) mass is 459 g/mol. The van der Waals surface area contributed by atoms with Gasteiger partial charge in [-0.3, -0.25) is 14.2 Å². The van der Waals surface area contributed by atoms with E-state index in [1.807, 2.05) is 12.1 Å². The van der Waals surface area contributed by atoms with Crippen molar-refractivity contribution in [2.24, 2.45) is 5.92 Å². The summed E-state index contributed by atoms with van der Waals surface area (Å²) in [6, 6.07) is 12.2. The maximum absolute atomic E-state index is 13.4. The van der Waals surface area contributed by atoms with Gasteiger partial charge < -0.3 is 10.1 Å². The number of hydrogen-bond acceptors (Lipinski definition) is 5. The third-order valence-electron chi connectivity index (χ3n) is 4.80. The fraction of sp³-hybridized carbons (Fsp3) is 0.348. The van der Waals surface area contributed by atoms with Crippen LogP contribution >= 0.6 is 23.4 Å². The van der Waals surface area contributed by atoms with Crippen LogP contribution in [0.3, 0.4) is 0 Å².